The third kappa shape index (κ3) is 3.32. The Bertz CT molecular complexity index is 855. The van der Waals surface area contributed by atoms with Gasteiger partial charge < -0.3 is 10.2 Å². The highest BCUT2D eigenvalue weighted by atomic mass is 32.1. The van der Waals surface area contributed by atoms with Crippen LogP contribution in [0.15, 0.2) is 35.3 Å². The highest BCUT2D eigenvalue weighted by molar-refractivity contribution is 7.15. The molecule has 8 heteroatoms. The Hall–Kier alpha value is -2.19. The van der Waals surface area contributed by atoms with Crippen molar-refractivity contribution >= 4 is 39.4 Å². The molecule has 1 aliphatic heterocycles. The van der Waals surface area contributed by atoms with Gasteiger partial charge in [-0.2, -0.15) is 0 Å². The molecule has 1 aliphatic rings. The van der Waals surface area contributed by atoms with Gasteiger partial charge in [0.05, 0.1) is 17.1 Å². The molecule has 0 aliphatic carbocycles. The van der Waals surface area contributed by atoms with Crippen molar-refractivity contribution in [3.8, 4) is 0 Å². The first kappa shape index (κ1) is 16.3. The molecule has 0 saturated carbocycles. The number of aromatic nitrogens is 2. The van der Waals surface area contributed by atoms with Gasteiger partial charge in [-0.1, -0.05) is 6.07 Å². The smallest absolute Gasteiger partial charge is 0.264 e. The number of hydrogen-bond donors (Lipinski definition) is 1. The number of fused-ring (bicyclic) bond motifs is 1. The van der Waals surface area contributed by atoms with Gasteiger partial charge in [0.1, 0.15) is 6.04 Å². The van der Waals surface area contributed by atoms with Gasteiger partial charge in [-0.3, -0.25) is 14.0 Å². The minimum Gasteiger partial charge on any atom is -0.349 e. The fraction of sp³-hybridized carbons (Fsp3) is 0.353. The fourth-order valence-electron chi connectivity index (χ4n) is 3.15. The van der Waals surface area contributed by atoms with Crippen LogP contribution in [0.2, 0.25) is 0 Å². The van der Waals surface area contributed by atoms with E-state index in [4.69, 9.17) is 0 Å². The van der Waals surface area contributed by atoms with Gasteiger partial charge in [0.25, 0.3) is 5.91 Å². The zero-order valence-electron chi connectivity index (χ0n) is 13.6. The monoisotopic (exact) mass is 374 g/mol. The standard InChI is InChI=1S/C17H18N4O2S2/c22-15(18-10-12-11-20-7-9-25-17(20)19-12)13-4-1-2-6-21(13)16(23)14-5-3-8-24-14/h3,5,7-9,11,13H,1-2,4,6,10H2,(H,18,22). The summed E-state index contributed by atoms with van der Waals surface area (Å²) in [4.78, 5) is 33.1. The largest absolute Gasteiger partial charge is 0.349 e. The van der Waals surface area contributed by atoms with Crippen LogP contribution in [0.3, 0.4) is 0 Å². The number of hydrogen-bond acceptors (Lipinski definition) is 5. The molecule has 0 spiro atoms. The summed E-state index contributed by atoms with van der Waals surface area (Å²) in [5.74, 6) is -0.140. The summed E-state index contributed by atoms with van der Waals surface area (Å²) in [6, 6.07) is 3.28. The average molecular weight is 374 g/mol. The second-order valence-electron chi connectivity index (χ2n) is 6.03. The van der Waals surface area contributed by atoms with Crippen LogP contribution in [0, 0.1) is 0 Å². The predicted octanol–water partition coefficient (Wildman–Crippen LogP) is 2.77. The van der Waals surface area contributed by atoms with Crippen LogP contribution in [-0.4, -0.2) is 38.7 Å². The lowest BCUT2D eigenvalue weighted by atomic mass is 10.0. The van der Waals surface area contributed by atoms with E-state index < -0.39 is 6.04 Å². The third-order valence-corrected chi connectivity index (χ3v) is 6.01. The van der Waals surface area contributed by atoms with Crippen LogP contribution in [0.4, 0.5) is 0 Å². The van der Waals surface area contributed by atoms with Gasteiger partial charge in [-0.05, 0) is 30.7 Å². The van der Waals surface area contributed by atoms with Gasteiger partial charge in [0.15, 0.2) is 4.96 Å². The van der Waals surface area contributed by atoms with Crippen molar-refractivity contribution in [3.05, 3.63) is 45.9 Å². The normalized spacial score (nSPS) is 17.8. The van der Waals surface area contributed by atoms with E-state index in [-0.39, 0.29) is 11.8 Å². The lowest BCUT2D eigenvalue weighted by Crippen LogP contribution is -2.51. The van der Waals surface area contributed by atoms with Gasteiger partial charge in [-0.25, -0.2) is 4.98 Å². The van der Waals surface area contributed by atoms with Gasteiger partial charge in [0, 0.05) is 24.3 Å². The Morgan fingerprint density at radius 2 is 2.20 bits per heavy atom. The number of carbonyl (C=O) groups is 2. The molecule has 0 aromatic carbocycles. The Kier molecular flexibility index (Phi) is 4.54. The number of thiophene rings is 1. The molecule has 1 N–H and O–H groups in total. The predicted molar refractivity (Wildman–Crippen MR) is 97.9 cm³/mol. The molecule has 0 bridgehead atoms. The summed E-state index contributed by atoms with van der Waals surface area (Å²) in [7, 11) is 0. The van der Waals surface area contributed by atoms with E-state index in [1.807, 2.05) is 39.7 Å². The molecule has 4 heterocycles. The second kappa shape index (κ2) is 6.97. The number of nitrogens with one attached hydrogen (secondary N) is 1. The Morgan fingerprint density at radius 1 is 1.28 bits per heavy atom. The minimum absolute atomic E-state index is 0.0441. The Labute approximate surface area is 153 Å². The van der Waals surface area contributed by atoms with Gasteiger partial charge in [-0.15, -0.1) is 22.7 Å². The molecule has 25 heavy (non-hydrogen) atoms. The van der Waals surface area contributed by atoms with E-state index in [1.165, 1.54) is 11.3 Å². The first-order valence-electron chi connectivity index (χ1n) is 8.25. The maximum absolute atomic E-state index is 12.7. The molecule has 2 amide bonds. The Balaban J connectivity index is 1.43. The number of likely N-dealkylation sites (tertiary alicyclic amines) is 1. The lowest BCUT2D eigenvalue weighted by molar-refractivity contribution is -0.126. The molecule has 6 nitrogen and oxygen atoms in total. The highest BCUT2D eigenvalue weighted by Gasteiger charge is 2.32. The fourth-order valence-corrected chi connectivity index (χ4v) is 4.54. The molecule has 3 aromatic heterocycles. The first-order chi connectivity index (χ1) is 12.2. The van der Waals surface area contributed by atoms with Crippen LogP contribution in [-0.2, 0) is 11.3 Å². The number of imidazole rings is 1. The number of rotatable bonds is 4. The molecule has 1 atom stereocenters. The van der Waals surface area contributed by atoms with Gasteiger partial charge in [0.2, 0.25) is 5.91 Å². The van der Waals surface area contributed by atoms with Crippen molar-refractivity contribution in [1.82, 2.24) is 19.6 Å². The number of nitrogens with zero attached hydrogens (tertiary/aromatic N) is 3. The van der Waals surface area contributed by atoms with E-state index in [2.05, 4.69) is 10.3 Å². The summed E-state index contributed by atoms with van der Waals surface area (Å²) < 4.78 is 1.94. The summed E-state index contributed by atoms with van der Waals surface area (Å²) >= 11 is 2.98. The SMILES string of the molecule is O=C(NCc1cn2ccsc2n1)C1CCCCN1C(=O)c1cccs1. The summed E-state index contributed by atoms with van der Waals surface area (Å²) in [6.45, 7) is 1.01. The number of amides is 2. The third-order valence-electron chi connectivity index (χ3n) is 4.39. The minimum atomic E-state index is -0.396. The molecule has 3 aromatic rings. The van der Waals surface area contributed by atoms with Crippen molar-refractivity contribution in [1.29, 1.82) is 0 Å². The molecular formula is C17H18N4O2S2. The summed E-state index contributed by atoms with van der Waals surface area (Å²) in [6.07, 6.45) is 6.48. The first-order valence-corrected chi connectivity index (χ1v) is 10.0. The maximum atomic E-state index is 12.7. The molecular weight excluding hydrogens is 356 g/mol. The van der Waals surface area contributed by atoms with Crippen molar-refractivity contribution in [2.75, 3.05) is 6.54 Å². The van der Waals surface area contributed by atoms with Crippen molar-refractivity contribution < 1.29 is 9.59 Å². The summed E-state index contributed by atoms with van der Waals surface area (Å²) in [5, 5.41) is 6.81. The zero-order valence-corrected chi connectivity index (χ0v) is 15.2. The van der Waals surface area contributed by atoms with Crippen LogP contribution in [0.25, 0.3) is 4.96 Å². The van der Waals surface area contributed by atoms with Crippen molar-refractivity contribution in [2.24, 2.45) is 0 Å². The zero-order chi connectivity index (χ0) is 17.2. The molecule has 130 valence electrons. The number of thiazole rings is 1. The molecule has 4 rings (SSSR count). The van der Waals surface area contributed by atoms with Crippen LogP contribution >= 0.6 is 22.7 Å². The lowest BCUT2D eigenvalue weighted by Gasteiger charge is -2.34. The van der Waals surface area contributed by atoms with Gasteiger partial charge >= 0.3 is 0 Å². The van der Waals surface area contributed by atoms with Crippen molar-refractivity contribution in [3.63, 3.8) is 0 Å². The van der Waals surface area contributed by atoms with E-state index in [0.29, 0.717) is 24.4 Å². The number of piperidine rings is 1. The molecule has 1 saturated heterocycles. The van der Waals surface area contributed by atoms with Crippen LogP contribution < -0.4 is 5.32 Å². The molecule has 1 fully saturated rings. The highest BCUT2D eigenvalue weighted by Crippen LogP contribution is 2.22. The Morgan fingerprint density at radius 3 is 3.00 bits per heavy atom. The number of carbonyl (C=O) groups excluding carboxylic acids is 2. The average Bonchev–Trinajstić information content (AvgIpc) is 3.35. The van der Waals surface area contributed by atoms with Crippen LogP contribution in [0.1, 0.15) is 34.6 Å². The second-order valence-corrected chi connectivity index (χ2v) is 7.85. The topological polar surface area (TPSA) is 66.7 Å². The maximum Gasteiger partial charge on any atom is 0.264 e. The quantitative estimate of drug-likeness (QED) is 0.764. The van der Waals surface area contributed by atoms with E-state index in [0.717, 1.165) is 23.5 Å². The van der Waals surface area contributed by atoms with E-state index >= 15 is 0 Å². The van der Waals surface area contributed by atoms with E-state index in [1.54, 1.807) is 16.2 Å². The van der Waals surface area contributed by atoms with E-state index in [9.17, 15) is 9.59 Å². The molecule has 0 radical (unpaired) electrons. The van der Waals surface area contributed by atoms with Crippen LogP contribution in [0.5, 0.6) is 0 Å². The molecule has 1 unspecified atom stereocenters. The van der Waals surface area contributed by atoms with Crippen molar-refractivity contribution in [2.45, 2.75) is 31.8 Å². The summed E-state index contributed by atoms with van der Waals surface area (Å²) in [5.41, 5.74) is 0.826.